The van der Waals surface area contributed by atoms with Crippen LogP contribution in [0.3, 0.4) is 0 Å². The monoisotopic (exact) mass is 98.1 g/mol. The van der Waals surface area contributed by atoms with E-state index in [9.17, 15) is 0 Å². The van der Waals surface area contributed by atoms with Gasteiger partial charge in [0.25, 0.3) is 0 Å². The Morgan fingerprint density at radius 3 is 1.86 bits per heavy atom. The zero-order valence-electron chi connectivity index (χ0n) is 5.28. The first-order chi connectivity index (χ1) is 3.41. The van der Waals surface area contributed by atoms with E-state index in [0.29, 0.717) is 0 Å². The van der Waals surface area contributed by atoms with Crippen molar-refractivity contribution < 1.29 is 0 Å². The van der Waals surface area contributed by atoms with E-state index in [1.807, 2.05) is 6.92 Å². The van der Waals surface area contributed by atoms with Gasteiger partial charge in [-0.3, -0.25) is 0 Å². The van der Waals surface area contributed by atoms with E-state index < -0.39 is 0 Å². The van der Waals surface area contributed by atoms with Crippen LogP contribution in [0.4, 0.5) is 0 Å². The minimum atomic E-state index is 1.16. The van der Waals surface area contributed by atoms with Crippen LogP contribution < -0.4 is 0 Å². The minimum Gasteiger partial charge on any atom is -0.106 e. The molecule has 0 aromatic carbocycles. The van der Waals surface area contributed by atoms with E-state index in [4.69, 9.17) is 0 Å². The highest BCUT2D eigenvalue weighted by Gasteiger charge is 1.52. The molecule has 0 amide bonds. The molecule has 0 saturated carbocycles. The predicted molar refractivity (Wildman–Crippen MR) is 36.4 cm³/mol. The third-order valence-electron chi connectivity index (χ3n) is 0.471. The summed E-state index contributed by atoms with van der Waals surface area (Å²) >= 11 is 0. The molecular weight excluding hydrogens is 84.1 g/mol. The molecule has 0 bridgehead atoms. The smallest absolute Gasteiger partial charge is 0.0379 e. The van der Waals surface area contributed by atoms with Crippen molar-refractivity contribution in [2.45, 2.75) is 20.3 Å². The Morgan fingerprint density at radius 1 is 1.43 bits per heavy atom. The van der Waals surface area contributed by atoms with E-state index in [2.05, 4.69) is 32.2 Å². The predicted octanol–water partition coefficient (Wildman–Crippen LogP) is 2.77. The number of rotatable bonds is 1. The molecule has 0 saturated heterocycles. The second-order valence-electron chi connectivity index (χ2n) is 0.977. The first-order valence-electron chi connectivity index (χ1n) is 2.53. The van der Waals surface area contributed by atoms with Gasteiger partial charge >= 0.3 is 0 Å². The fourth-order valence-electron chi connectivity index (χ4n) is 0.236. The molecule has 0 atom stereocenters. The fourth-order valence-corrected chi connectivity index (χ4v) is 0.236. The van der Waals surface area contributed by atoms with Crippen molar-refractivity contribution in [3.8, 4) is 0 Å². The van der Waals surface area contributed by atoms with Crippen LogP contribution in [-0.4, -0.2) is 0 Å². The zero-order valence-corrected chi connectivity index (χ0v) is 5.28. The highest BCUT2D eigenvalue weighted by atomic mass is 13.6. The van der Waals surface area contributed by atoms with Crippen molar-refractivity contribution in [2.24, 2.45) is 0 Å². The average molecular weight is 98.2 g/mol. The maximum absolute atomic E-state index is 3.00. The maximum atomic E-state index is 3.00. The van der Waals surface area contributed by atoms with Crippen LogP contribution in [0.1, 0.15) is 20.3 Å². The lowest BCUT2D eigenvalue weighted by atomic mass is 10.4. The van der Waals surface area contributed by atoms with Gasteiger partial charge in [0.15, 0.2) is 0 Å². The Hall–Kier alpha value is -0.520. The Bertz CT molecular complexity index is 35.3. The van der Waals surface area contributed by atoms with Gasteiger partial charge in [0, 0.05) is 0 Å². The summed E-state index contributed by atoms with van der Waals surface area (Å²) in [4.78, 5) is 0. The molecule has 0 aliphatic carbocycles. The second-order valence-corrected chi connectivity index (χ2v) is 0.977. The molecule has 0 rings (SSSR count). The van der Waals surface area contributed by atoms with Crippen LogP contribution in [0.5, 0.6) is 0 Å². The van der Waals surface area contributed by atoms with Crippen LogP contribution in [0.25, 0.3) is 0 Å². The highest BCUT2D eigenvalue weighted by Crippen LogP contribution is 1.73. The Morgan fingerprint density at radius 2 is 1.86 bits per heavy atom. The van der Waals surface area contributed by atoms with Crippen molar-refractivity contribution in [3.63, 3.8) is 0 Å². The van der Waals surface area contributed by atoms with Gasteiger partial charge in [-0.05, 0) is 13.3 Å². The minimum absolute atomic E-state index is 1.16. The molecule has 7 heavy (non-hydrogen) atoms. The first-order valence-corrected chi connectivity index (χ1v) is 2.53. The lowest BCUT2D eigenvalue weighted by Gasteiger charge is -1.65. The van der Waals surface area contributed by atoms with Crippen LogP contribution in [0.2, 0.25) is 0 Å². The summed E-state index contributed by atoms with van der Waals surface area (Å²) in [6.45, 7) is 10.2. The van der Waals surface area contributed by atoms with Crippen molar-refractivity contribution in [1.82, 2.24) is 0 Å². The van der Waals surface area contributed by atoms with Gasteiger partial charge < -0.3 is 0 Å². The van der Waals surface area contributed by atoms with Gasteiger partial charge in [-0.2, -0.15) is 0 Å². The maximum Gasteiger partial charge on any atom is -0.0379 e. The Balaban J connectivity index is 0. The van der Waals surface area contributed by atoms with Gasteiger partial charge in [-0.1, -0.05) is 19.1 Å². The van der Waals surface area contributed by atoms with Crippen molar-refractivity contribution in [1.29, 1.82) is 0 Å². The molecule has 0 aromatic heterocycles. The summed E-state index contributed by atoms with van der Waals surface area (Å²) in [5.74, 6) is 0. The number of allylic oxidation sites excluding steroid dienone is 2. The molecule has 0 aliphatic rings. The molecule has 0 aliphatic heterocycles. The lowest BCUT2D eigenvalue weighted by molar-refractivity contribution is 1.22. The van der Waals surface area contributed by atoms with E-state index in [-0.39, 0.29) is 0 Å². The Labute approximate surface area is 46.6 Å². The van der Waals surface area contributed by atoms with Gasteiger partial charge in [-0.15, -0.1) is 13.2 Å². The summed E-state index contributed by atoms with van der Waals surface area (Å²) in [6, 6.07) is 0. The quantitative estimate of drug-likeness (QED) is 0.442. The molecule has 0 fully saturated rings. The summed E-state index contributed by atoms with van der Waals surface area (Å²) in [6.07, 6.45) is 5.34. The molecule has 0 unspecified atom stereocenters. The first kappa shape index (κ1) is 9.70. The summed E-state index contributed by atoms with van der Waals surface area (Å²) in [5.41, 5.74) is 0. The Kier molecular flexibility index (Phi) is 24.8. The average Bonchev–Trinajstić information content (AvgIpc) is 1.75. The molecular formula is C7H14. The topological polar surface area (TPSA) is 0 Å². The third-order valence-corrected chi connectivity index (χ3v) is 0.471. The lowest BCUT2D eigenvalue weighted by Crippen LogP contribution is -1.43. The fraction of sp³-hybridized carbons (Fsp3) is 0.429. The second kappa shape index (κ2) is 17.9. The number of hydrogen-bond donors (Lipinski definition) is 0. The van der Waals surface area contributed by atoms with Crippen molar-refractivity contribution in [2.75, 3.05) is 0 Å². The number of hydrogen-bond acceptors (Lipinski definition) is 0. The molecule has 0 radical (unpaired) electrons. The molecule has 0 heteroatoms. The summed E-state index contributed by atoms with van der Waals surface area (Å²) < 4.78 is 0. The van der Waals surface area contributed by atoms with Gasteiger partial charge in [0.05, 0.1) is 0 Å². The van der Waals surface area contributed by atoms with Gasteiger partial charge in [-0.25, -0.2) is 0 Å². The van der Waals surface area contributed by atoms with Crippen LogP contribution >= 0.6 is 0 Å². The molecule has 42 valence electrons. The molecule has 0 nitrogen and oxygen atoms in total. The molecule has 0 heterocycles. The van der Waals surface area contributed by atoms with Crippen molar-refractivity contribution in [3.05, 3.63) is 25.3 Å². The molecule has 0 spiro atoms. The normalized spacial score (nSPS) is 7.71. The summed E-state index contributed by atoms with van der Waals surface area (Å²) in [5, 5.41) is 0. The highest BCUT2D eigenvalue weighted by molar-refractivity contribution is 4.73. The van der Waals surface area contributed by atoms with Crippen LogP contribution in [0, 0.1) is 0 Å². The zero-order chi connectivity index (χ0) is 6.12. The molecule has 0 aromatic rings. The van der Waals surface area contributed by atoms with E-state index in [0.717, 1.165) is 6.42 Å². The largest absolute Gasteiger partial charge is 0.106 e. The van der Waals surface area contributed by atoms with E-state index >= 15 is 0 Å². The third kappa shape index (κ3) is 30.3. The van der Waals surface area contributed by atoms with E-state index in [1.54, 1.807) is 0 Å². The molecule has 0 N–H and O–H groups in total. The van der Waals surface area contributed by atoms with Crippen molar-refractivity contribution >= 4 is 0 Å². The standard InChI is InChI=1S/C5H10.C2H4/c1-3-5-4-2;1-2/h3,5H,4H2,1-2H3;1-2H2. The van der Waals surface area contributed by atoms with Crippen LogP contribution in [0.15, 0.2) is 25.3 Å². The summed E-state index contributed by atoms with van der Waals surface area (Å²) in [7, 11) is 0. The SMILES string of the molecule is C=C.CC=CCC. The van der Waals surface area contributed by atoms with E-state index in [1.165, 1.54) is 0 Å². The van der Waals surface area contributed by atoms with Gasteiger partial charge in [0.1, 0.15) is 0 Å². The van der Waals surface area contributed by atoms with Crippen LogP contribution in [-0.2, 0) is 0 Å². The van der Waals surface area contributed by atoms with Gasteiger partial charge in [0.2, 0.25) is 0 Å².